The Morgan fingerprint density at radius 1 is 1.17 bits per heavy atom. The van der Waals surface area contributed by atoms with Gasteiger partial charge >= 0.3 is 0 Å². The van der Waals surface area contributed by atoms with E-state index in [0.717, 1.165) is 29.2 Å². The molecule has 0 spiro atoms. The van der Waals surface area contributed by atoms with Gasteiger partial charge in [-0.25, -0.2) is 0 Å². The molecule has 0 bridgehead atoms. The lowest BCUT2D eigenvalue weighted by molar-refractivity contribution is 0.238. The average Bonchev–Trinajstić information content (AvgIpc) is 2.37. The summed E-state index contributed by atoms with van der Waals surface area (Å²) in [4.78, 5) is 0. The van der Waals surface area contributed by atoms with Gasteiger partial charge in [0.1, 0.15) is 5.75 Å². The van der Waals surface area contributed by atoms with Crippen molar-refractivity contribution in [3.63, 3.8) is 0 Å². The van der Waals surface area contributed by atoms with Crippen molar-refractivity contribution in [3.05, 3.63) is 30.3 Å². The third-order valence-electron chi connectivity index (χ3n) is 4.09. The highest BCUT2D eigenvalue weighted by Gasteiger charge is 2.31. The zero-order valence-electron chi connectivity index (χ0n) is 11.7. The number of benzene rings is 1. The summed E-state index contributed by atoms with van der Waals surface area (Å²) in [5.74, 6) is 3.53. The van der Waals surface area contributed by atoms with E-state index >= 15 is 0 Å². The van der Waals surface area contributed by atoms with Gasteiger partial charge in [-0.3, -0.25) is 0 Å². The Morgan fingerprint density at radius 3 is 2.56 bits per heavy atom. The fourth-order valence-electron chi connectivity index (χ4n) is 2.97. The maximum atomic E-state index is 6.00. The van der Waals surface area contributed by atoms with Gasteiger partial charge in [-0.05, 0) is 42.7 Å². The Labute approximate surface area is 113 Å². The molecule has 1 aromatic carbocycles. The summed E-state index contributed by atoms with van der Waals surface area (Å²) in [6, 6.07) is 10.2. The van der Waals surface area contributed by atoms with Gasteiger partial charge in [0.2, 0.25) is 0 Å². The maximum absolute atomic E-state index is 6.00. The van der Waals surface area contributed by atoms with E-state index in [4.69, 9.17) is 4.52 Å². The van der Waals surface area contributed by atoms with Crippen LogP contribution >= 0.6 is 8.81 Å². The highest BCUT2D eigenvalue weighted by atomic mass is 31.1. The molecule has 0 heterocycles. The Kier molecular flexibility index (Phi) is 5.06. The average molecular weight is 264 g/mol. The summed E-state index contributed by atoms with van der Waals surface area (Å²) in [5, 5.41) is 0. The Morgan fingerprint density at radius 2 is 1.89 bits per heavy atom. The number of rotatable bonds is 4. The molecule has 0 N–H and O–H groups in total. The van der Waals surface area contributed by atoms with Crippen molar-refractivity contribution in [1.29, 1.82) is 0 Å². The fourth-order valence-corrected chi connectivity index (χ4v) is 4.62. The first kappa shape index (κ1) is 13.9. The van der Waals surface area contributed by atoms with E-state index in [-0.39, 0.29) is 0 Å². The summed E-state index contributed by atoms with van der Waals surface area (Å²) in [6.45, 7) is 7.11. The van der Waals surface area contributed by atoms with Crippen LogP contribution in [0.15, 0.2) is 30.3 Å². The molecule has 1 aliphatic rings. The lowest BCUT2D eigenvalue weighted by Crippen LogP contribution is -2.29. The van der Waals surface area contributed by atoms with Crippen LogP contribution in [0.1, 0.15) is 40.0 Å². The maximum Gasteiger partial charge on any atom is 0.122 e. The molecule has 1 aromatic rings. The van der Waals surface area contributed by atoms with Crippen molar-refractivity contribution in [2.75, 3.05) is 0 Å². The molecule has 0 aromatic heterocycles. The van der Waals surface area contributed by atoms with Crippen LogP contribution in [-0.4, -0.2) is 5.66 Å². The van der Waals surface area contributed by atoms with E-state index < -0.39 is 0 Å². The third-order valence-corrected chi connectivity index (χ3v) is 5.41. The van der Waals surface area contributed by atoms with Crippen LogP contribution in [0.25, 0.3) is 0 Å². The Balaban J connectivity index is 1.92. The normalized spacial score (nSPS) is 29.0. The molecule has 4 unspecified atom stereocenters. The molecule has 0 saturated heterocycles. The lowest BCUT2D eigenvalue weighted by Gasteiger charge is -2.36. The predicted octanol–water partition coefficient (Wildman–Crippen LogP) is 5.12. The predicted molar refractivity (Wildman–Crippen MR) is 80.5 cm³/mol. The second-order valence-electron chi connectivity index (χ2n) is 5.97. The summed E-state index contributed by atoms with van der Waals surface area (Å²) in [6.07, 6.45) is 4.12. The van der Waals surface area contributed by atoms with Crippen molar-refractivity contribution in [1.82, 2.24) is 0 Å². The van der Waals surface area contributed by atoms with E-state index in [1.807, 2.05) is 18.2 Å². The number of hydrogen-bond donors (Lipinski definition) is 0. The molecule has 100 valence electrons. The van der Waals surface area contributed by atoms with Gasteiger partial charge in [0, 0.05) is 5.66 Å². The summed E-state index contributed by atoms with van der Waals surface area (Å²) >= 11 is 0. The quantitative estimate of drug-likeness (QED) is 0.686. The van der Waals surface area contributed by atoms with Gasteiger partial charge in [-0.2, -0.15) is 0 Å². The molecule has 0 amide bonds. The van der Waals surface area contributed by atoms with Gasteiger partial charge in [-0.15, -0.1) is 0 Å². The minimum absolute atomic E-state index is 0.618. The van der Waals surface area contributed by atoms with E-state index in [0.29, 0.717) is 8.81 Å². The number of para-hydroxylation sites is 1. The van der Waals surface area contributed by atoms with Crippen LogP contribution in [0.4, 0.5) is 0 Å². The van der Waals surface area contributed by atoms with E-state index in [1.54, 1.807) is 0 Å². The molecule has 0 aliphatic heterocycles. The lowest BCUT2D eigenvalue weighted by atomic mass is 9.77. The van der Waals surface area contributed by atoms with E-state index in [9.17, 15) is 0 Å². The molecule has 1 saturated carbocycles. The van der Waals surface area contributed by atoms with Crippen LogP contribution in [0.3, 0.4) is 0 Å². The summed E-state index contributed by atoms with van der Waals surface area (Å²) in [7, 11) is 0.618. The van der Waals surface area contributed by atoms with Crippen molar-refractivity contribution in [2.24, 2.45) is 17.8 Å². The molecular weight excluding hydrogens is 239 g/mol. The van der Waals surface area contributed by atoms with Crippen molar-refractivity contribution < 1.29 is 4.52 Å². The number of hydrogen-bond acceptors (Lipinski definition) is 1. The molecule has 2 rings (SSSR count). The van der Waals surface area contributed by atoms with Crippen LogP contribution in [0, 0.1) is 17.8 Å². The summed E-state index contributed by atoms with van der Waals surface area (Å²) < 4.78 is 6.00. The molecule has 1 fully saturated rings. The molecular formula is C16H25OP. The van der Waals surface area contributed by atoms with Gasteiger partial charge in [0.05, 0.1) is 8.81 Å². The van der Waals surface area contributed by atoms with E-state index in [1.165, 1.54) is 19.3 Å². The standard InChI is InChI=1S/C16H25OP/c1-12(2)15-10-9-13(3)11-16(15)18-17-14-7-5-4-6-8-14/h4-8,12-13,15-16,18H,9-11H2,1-3H3. The van der Waals surface area contributed by atoms with Crippen LogP contribution in [-0.2, 0) is 0 Å². The second-order valence-corrected chi connectivity index (χ2v) is 7.15. The van der Waals surface area contributed by atoms with Crippen LogP contribution in [0.2, 0.25) is 0 Å². The second kappa shape index (κ2) is 6.57. The van der Waals surface area contributed by atoms with Gasteiger partial charge in [-0.1, -0.05) is 45.4 Å². The van der Waals surface area contributed by atoms with Gasteiger partial charge in [0.25, 0.3) is 0 Å². The first-order valence-electron chi connectivity index (χ1n) is 7.14. The highest BCUT2D eigenvalue weighted by molar-refractivity contribution is 7.33. The topological polar surface area (TPSA) is 9.23 Å². The molecule has 0 radical (unpaired) electrons. The zero-order valence-corrected chi connectivity index (χ0v) is 12.7. The minimum atomic E-state index is 0.618. The van der Waals surface area contributed by atoms with Crippen LogP contribution in [0.5, 0.6) is 5.75 Å². The summed E-state index contributed by atoms with van der Waals surface area (Å²) in [5.41, 5.74) is 0.758. The smallest absolute Gasteiger partial charge is 0.122 e. The minimum Gasteiger partial charge on any atom is -0.477 e. The van der Waals surface area contributed by atoms with Crippen LogP contribution < -0.4 is 4.52 Å². The zero-order chi connectivity index (χ0) is 13.0. The Hall–Kier alpha value is -0.550. The third kappa shape index (κ3) is 3.72. The molecule has 1 nitrogen and oxygen atoms in total. The molecule has 1 aliphatic carbocycles. The molecule has 18 heavy (non-hydrogen) atoms. The van der Waals surface area contributed by atoms with Crippen molar-refractivity contribution in [3.8, 4) is 5.75 Å². The SMILES string of the molecule is CC1CCC(C(C)C)C(POc2ccccc2)C1. The first-order valence-corrected chi connectivity index (χ1v) is 8.12. The largest absolute Gasteiger partial charge is 0.477 e. The fraction of sp³-hybridized carbons (Fsp3) is 0.625. The molecule has 4 atom stereocenters. The monoisotopic (exact) mass is 264 g/mol. The van der Waals surface area contributed by atoms with E-state index in [2.05, 4.69) is 32.9 Å². The highest BCUT2D eigenvalue weighted by Crippen LogP contribution is 2.43. The van der Waals surface area contributed by atoms with Crippen molar-refractivity contribution in [2.45, 2.75) is 45.7 Å². The van der Waals surface area contributed by atoms with Crippen molar-refractivity contribution >= 4 is 8.81 Å². The van der Waals surface area contributed by atoms with Gasteiger partial charge < -0.3 is 4.52 Å². The van der Waals surface area contributed by atoms with Gasteiger partial charge in [0.15, 0.2) is 0 Å². The first-order chi connectivity index (χ1) is 8.66. The molecule has 2 heteroatoms. The Bertz CT molecular complexity index is 349.